The molecular formula is C33H35BN+. The van der Waals surface area contributed by atoms with Gasteiger partial charge >= 0.3 is 6.85 Å². The normalized spacial score (nSPS) is 28.0. The highest BCUT2D eigenvalue weighted by atomic mass is 15.4. The van der Waals surface area contributed by atoms with Gasteiger partial charge in [-0.05, 0) is 78.5 Å². The average molecular weight is 456 g/mol. The molecule has 4 unspecified atom stereocenters. The van der Waals surface area contributed by atoms with E-state index in [0.717, 1.165) is 16.1 Å². The van der Waals surface area contributed by atoms with Crippen LogP contribution in [0.5, 0.6) is 0 Å². The molecule has 0 radical (unpaired) electrons. The van der Waals surface area contributed by atoms with E-state index in [4.69, 9.17) is 0 Å². The molecule has 2 aliphatic heterocycles. The zero-order chi connectivity index (χ0) is 23.2. The van der Waals surface area contributed by atoms with Gasteiger partial charge in [-0.3, -0.25) is 0 Å². The molecule has 7 rings (SSSR count). The standard InChI is InChI=1S/C33H35BN/c1-2-11-25(12-3-1)26-20-22-28(23-21-26)35(32-19-10-14-27-13-4-5-15-29(27)32)33-18-7-6-16-30(33)31-17-8-9-24-34(31)35/h1-5,10-15,19-23,30-31,33H,6-9,16-18,24H2/q+1. The molecule has 2 saturated heterocycles. The number of fused-ring (bicyclic) bond motifs is 4. The van der Waals surface area contributed by atoms with E-state index in [1.165, 1.54) is 78.9 Å². The summed E-state index contributed by atoms with van der Waals surface area (Å²) in [4.78, 5) is 0. The summed E-state index contributed by atoms with van der Waals surface area (Å²) in [6.45, 7) is 0.699. The molecule has 3 fully saturated rings. The van der Waals surface area contributed by atoms with Crippen molar-refractivity contribution < 1.29 is 0 Å². The lowest BCUT2D eigenvalue weighted by Crippen LogP contribution is -2.58. The quantitative estimate of drug-likeness (QED) is 0.270. The highest BCUT2D eigenvalue weighted by Crippen LogP contribution is 2.61. The summed E-state index contributed by atoms with van der Waals surface area (Å²) in [5.41, 5.74) is 5.71. The molecule has 174 valence electrons. The minimum atomic E-state index is 0.699. The van der Waals surface area contributed by atoms with Crippen molar-refractivity contribution in [3.63, 3.8) is 0 Å². The first kappa shape index (κ1) is 21.4. The van der Waals surface area contributed by atoms with Crippen LogP contribution in [0.3, 0.4) is 0 Å². The molecule has 4 aromatic carbocycles. The summed E-state index contributed by atoms with van der Waals surface area (Å²) in [5, 5.41) is 2.84. The second kappa shape index (κ2) is 8.68. The van der Waals surface area contributed by atoms with E-state index in [0.29, 0.717) is 12.9 Å². The third-order valence-corrected chi connectivity index (χ3v) is 9.73. The van der Waals surface area contributed by atoms with Crippen LogP contribution in [0.15, 0.2) is 97.1 Å². The van der Waals surface area contributed by atoms with Crippen molar-refractivity contribution in [2.45, 2.75) is 63.1 Å². The number of quaternary nitrogens is 1. The maximum atomic E-state index is 2.49. The van der Waals surface area contributed by atoms with Crippen LogP contribution in [0.25, 0.3) is 21.9 Å². The Kier molecular flexibility index (Phi) is 5.32. The van der Waals surface area contributed by atoms with Crippen LogP contribution in [0.2, 0.25) is 12.1 Å². The molecule has 4 atom stereocenters. The Morgan fingerprint density at radius 2 is 1.31 bits per heavy atom. The molecule has 35 heavy (non-hydrogen) atoms. The molecule has 3 aliphatic rings. The summed E-state index contributed by atoms with van der Waals surface area (Å²) in [7, 11) is 0. The first-order chi connectivity index (χ1) is 17.4. The third-order valence-electron chi connectivity index (χ3n) is 9.73. The maximum absolute atomic E-state index is 2.49. The van der Waals surface area contributed by atoms with Gasteiger partial charge in [0.1, 0.15) is 11.4 Å². The monoisotopic (exact) mass is 456 g/mol. The maximum Gasteiger partial charge on any atom is 0.421 e. The number of hydrogen-bond donors (Lipinski definition) is 0. The average Bonchev–Trinajstić information content (AvgIpc) is 3.24. The molecule has 2 heterocycles. The van der Waals surface area contributed by atoms with Crippen molar-refractivity contribution in [3.05, 3.63) is 97.1 Å². The number of benzene rings is 4. The van der Waals surface area contributed by atoms with Gasteiger partial charge in [-0.2, -0.15) is 0 Å². The van der Waals surface area contributed by atoms with E-state index in [2.05, 4.69) is 97.1 Å². The largest absolute Gasteiger partial charge is 0.421 e. The van der Waals surface area contributed by atoms with Crippen LogP contribution in [-0.2, 0) is 0 Å². The van der Waals surface area contributed by atoms with Gasteiger partial charge in [0.25, 0.3) is 0 Å². The zero-order valence-corrected chi connectivity index (χ0v) is 20.7. The molecule has 0 amide bonds. The van der Waals surface area contributed by atoms with Crippen LogP contribution < -0.4 is 4.39 Å². The van der Waals surface area contributed by atoms with Crippen LogP contribution in [-0.4, -0.2) is 12.9 Å². The van der Waals surface area contributed by atoms with Crippen LogP contribution in [0.1, 0.15) is 44.9 Å². The minimum Gasteiger partial charge on any atom is -0.324 e. The number of rotatable bonds is 3. The lowest BCUT2D eigenvalue weighted by Gasteiger charge is -2.47. The Morgan fingerprint density at radius 3 is 2.20 bits per heavy atom. The lowest BCUT2D eigenvalue weighted by molar-refractivity contribution is 0.243. The molecule has 0 bridgehead atoms. The van der Waals surface area contributed by atoms with Gasteiger partial charge in [-0.25, -0.2) is 0 Å². The second-order valence-electron chi connectivity index (χ2n) is 11.2. The van der Waals surface area contributed by atoms with Crippen molar-refractivity contribution in [3.8, 4) is 11.1 Å². The first-order valence-corrected chi connectivity index (χ1v) is 13.9. The van der Waals surface area contributed by atoms with Gasteiger partial charge < -0.3 is 4.39 Å². The fourth-order valence-electron chi connectivity index (χ4n) is 8.48. The first-order valence-electron chi connectivity index (χ1n) is 13.9. The Hall–Kier alpha value is -2.84. The SMILES string of the molecule is c1ccc(-c2ccc([N+]3(c4cccc5ccccc45)B4CCCCC4C4CCCCC43)cc2)cc1. The summed E-state index contributed by atoms with van der Waals surface area (Å²) < 4.78 is 1.09. The van der Waals surface area contributed by atoms with Crippen molar-refractivity contribution in [2.24, 2.45) is 5.92 Å². The van der Waals surface area contributed by atoms with Crippen molar-refractivity contribution in [2.75, 3.05) is 0 Å². The molecule has 1 aliphatic carbocycles. The van der Waals surface area contributed by atoms with E-state index in [9.17, 15) is 0 Å². The highest BCUT2D eigenvalue weighted by Gasteiger charge is 2.66. The van der Waals surface area contributed by atoms with Crippen LogP contribution in [0, 0.1) is 5.92 Å². The van der Waals surface area contributed by atoms with Crippen LogP contribution in [0.4, 0.5) is 11.4 Å². The number of hydrogen-bond acceptors (Lipinski definition) is 0. The molecule has 0 aromatic heterocycles. The molecule has 2 heteroatoms. The predicted octanol–water partition coefficient (Wildman–Crippen LogP) is 9.26. The molecule has 0 N–H and O–H groups in total. The van der Waals surface area contributed by atoms with Gasteiger partial charge in [-0.15, -0.1) is 0 Å². The van der Waals surface area contributed by atoms with E-state index in [1.54, 1.807) is 5.69 Å². The number of nitrogens with zero attached hydrogens (tertiary/aromatic N) is 1. The summed E-state index contributed by atoms with van der Waals surface area (Å²) in [5.74, 6) is 1.73. The fraction of sp³-hybridized carbons (Fsp3) is 0.333. The molecule has 4 aromatic rings. The van der Waals surface area contributed by atoms with Crippen molar-refractivity contribution in [1.82, 2.24) is 4.39 Å². The Labute approximate surface area is 210 Å². The molecule has 0 spiro atoms. The van der Waals surface area contributed by atoms with Gasteiger partial charge in [0.05, 0.1) is 6.04 Å². The van der Waals surface area contributed by atoms with Gasteiger partial charge in [0.15, 0.2) is 0 Å². The van der Waals surface area contributed by atoms with E-state index in [-0.39, 0.29) is 0 Å². The lowest BCUT2D eigenvalue weighted by atomic mass is 9.41. The highest BCUT2D eigenvalue weighted by molar-refractivity contribution is 6.65. The fourth-order valence-corrected chi connectivity index (χ4v) is 8.48. The Balaban J connectivity index is 1.48. The summed E-state index contributed by atoms with van der Waals surface area (Å²) in [6, 6.07) is 37.6. The Morgan fingerprint density at radius 1 is 0.600 bits per heavy atom. The van der Waals surface area contributed by atoms with Gasteiger partial charge in [0.2, 0.25) is 0 Å². The van der Waals surface area contributed by atoms with E-state index >= 15 is 0 Å². The summed E-state index contributed by atoms with van der Waals surface area (Å²) in [6.07, 6.45) is 11.2. The minimum absolute atomic E-state index is 0.699. The molecular weight excluding hydrogens is 421 g/mol. The van der Waals surface area contributed by atoms with Crippen LogP contribution >= 0.6 is 0 Å². The second-order valence-corrected chi connectivity index (χ2v) is 11.2. The third kappa shape index (κ3) is 3.26. The molecule has 1 nitrogen and oxygen atoms in total. The van der Waals surface area contributed by atoms with E-state index in [1.807, 2.05) is 0 Å². The van der Waals surface area contributed by atoms with Gasteiger partial charge in [0, 0.05) is 17.1 Å². The molecule has 1 saturated carbocycles. The van der Waals surface area contributed by atoms with E-state index < -0.39 is 0 Å². The topological polar surface area (TPSA) is 0 Å². The summed E-state index contributed by atoms with van der Waals surface area (Å²) >= 11 is 0. The van der Waals surface area contributed by atoms with Gasteiger partial charge in [-0.1, -0.05) is 86.3 Å². The smallest absolute Gasteiger partial charge is 0.324 e. The zero-order valence-electron chi connectivity index (χ0n) is 20.7. The Bertz CT molecular complexity index is 1300. The van der Waals surface area contributed by atoms with Crippen molar-refractivity contribution >= 4 is 29.0 Å². The van der Waals surface area contributed by atoms with Crippen molar-refractivity contribution in [1.29, 1.82) is 0 Å². The predicted molar refractivity (Wildman–Crippen MR) is 151 cm³/mol.